The van der Waals surface area contributed by atoms with Crippen molar-refractivity contribution in [2.24, 2.45) is 34.0 Å². The van der Waals surface area contributed by atoms with Crippen LogP contribution < -0.4 is 0 Å². The van der Waals surface area contributed by atoms with E-state index in [1.807, 2.05) is 0 Å². The van der Waals surface area contributed by atoms with Gasteiger partial charge < -0.3 is 14.6 Å². The first kappa shape index (κ1) is 18.5. The lowest BCUT2D eigenvalue weighted by molar-refractivity contribution is -0.158. The molecule has 2 bridgehead atoms. The van der Waals surface area contributed by atoms with Crippen molar-refractivity contribution < 1.29 is 19.4 Å². The van der Waals surface area contributed by atoms with Crippen LogP contribution in [0.3, 0.4) is 0 Å². The largest absolute Gasteiger partial charge is 0.463 e. The summed E-state index contributed by atoms with van der Waals surface area (Å²) in [5.41, 5.74) is -0.668. The molecule has 1 N–H and O–H groups in total. The third kappa shape index (κ3) is 2.43. The van der Waals surface area contributed by atoms with Crippen LogP contribution in [-0.4, -0.2) is 29.6 Å². The molecule has 0 radical (unpaired) electrons. The molecule has 0 heterocycles. The number of esters is 1. The predicted octanol–water partition coefficient (Wildman–Crippen LogP) is 3.89. The molecule has 4 rings (SSSR count). The van der Waals surface area contributed by atoms with Gasteiger partial charge in [-0.3, -0.25) is 4.79 Å². The lowest BCUT2D eigenvalue weighted by atomic mass is 9.41. The van der Waals surface area contributed by atoms with Crippen LogP contribution in [0, 0.1) is 34.0 Å². The van der Waals surface area contributed by atoms with E-state index in [9.17, 15) is 14.7 Å². The standard InChI is InChI=1S/C22H34O4/c1-15(24)26-14-22(25)12-21-10-7-17-19(2,13-23)8-4-9-20(17,3)18(21)6-5-16(22)11-21/h13,16-18,25H,4-12,14H2,1-3H3/t16-,17-,18?,19+,20-,21?,22-/m1/s1. The van der Waals surface area contributed by atoms with Crippen molar-refractivity contribution >= 4 is 12.3 Å². The molecule has 0 aromatic heterocycles. The van der Waals surface area contributed by atoms with Crippen molar-refractivity contribution in [1.82, 2.24) is 0 Å². The summed E-state index contributed by atoms with van der Waals surface area (Å²) in [6, 6.07) is 0. The second-order valence-corrected chi connectivity index (χ2v) is 10.5. The molecule has 4 nitrogen and oxygen atoms in total. The molecule has 1 spiro atoms. The van der Waals surface area contributed by atoms with Crippen LogP contribution >= 0.6 is 0 Å². The van der Waals surface area contributed by atoms with Gasteiger partial charge in [0.05, 0.1) is 0 Å². The van der Waals surface area contributed by atoms with Gasteiger partial charge in [0.15, 0.2) is 0 Å². The second-order valence-electron chi connectivity index (χ2n) is 10.5. The van der Waals surface area contributed by atoms with E-state index in [2.05, 4.69) is 13.8 Å². The molecule has 4 heteroatoms. The van der Waals surface area contributed by atoms with Gasteiger partial charge in [-0.05, 0) is 80.0 Å². The Kier molecular flexibility index (Phi) is 4.12. The number of fused-ring (bicyclic) bond motifs is 3. The molecule has 26 heavy (non-hydrogen) atoms. The molecule has 0 aromatic rings. The van der Waals surface area contributed by atoms with Crippen LogP contribution in [0.1, 0.15) is 78.6 Å². The van der Waals surface area contributed by atoms with Gasteiger partial charge in [-0.15, -0.1) is 0 Å². The minimum Gasteiger partial charge on any atom is -0.463 e. The fourth-order valence-electron chi connectivity index (χ4n) is 8.21. The number of hydrogen-bond acceptors (Lipinski definition) is 4. The first-order valence-electron chi connectivity index (χ1n) is 10.5. The van der Waals surface area contributed by atoms with Crippen LogP contribution in [-0.2, 0) is 14.3 Å². The van der Waals surface area contributed by atoms with Gasteiger partial charge >= 0.3 is 5.97 Å². The number of aldehydes is 1. The van der Waals surface area contributed by atoms with Crippen LogP contribution in [0.2, 0.25) is 0 Å². The molecular formula is C22H34O4. The number of rotatable bonds is 3. The van der Waals surface area contributed by atoms with Crippen LogP contribution in [0.25, 0.3) is 0 Å². The van der Waals surface area contributed by atoms with Crippen molar-refractivity contribution in [3.63, 3.8) is 0 Å². The summed E-state index contributed by atoms with van der Waals surface area (Å²) in [5, 5.41) is 11.3. The molecule has 0 aromatic carbocycles. The topological polar surface area (TPSA) is 63.6 Å². The van der Waals surface area contributed by atoms with E-state index in [-0.39, 0.29) is 34.7 Å². The Morgan fingerprint density at radius 3 is 2.62 bits per heavy atom. The Hall–Kier alpha value is -0.900. The van der Waals surface area contributed by atoms with Crippen molar-refractivity contribution in [1.29, 1.82) is 0 Å². The molecule has 4 saturated carbocycles. The smallest absolute Gasteiger partial charge is 0.302 e. The van der Waals surface area contributed by atoms with Crippen LogP contribution in [0.5, 0.6) is 0 Å². The molecule has 4 fully saturated rings. The molecule has 2 unspecified atom stereocenters. The van der Waals surface area contributed by atoms with Gasteiger partial charge in [-0.25, -0.2) is 0 Å². The first-order valence-corrected chi connectivity index (χ1v) is 10.5. The van der Waals surface area contributed by atoms with E-state index in [4.69, 9.17) is 4.74 Å². The maximum Gasteiger partial charge on any atom is 0.302 e. The van der Waals surface area contributed by atoms with Gasteiger partial charge in [-0.1, -0.05) is 20.3 Å². The fourth-order valence-corrected chi connectivity index (χ4v) is 8.21. The minimum atomic E-state index is -0.855. The van der Waals surface area contributed by atoms with Gasteiger partial charge in [0.2, 0.25) is 0 Å². The molecular weight excluding hydrogens is 328 g/mol. The molecule has 7 atom stereocenters. The van der Waals surface area contributed by atoms with Crippen molar-refractivity contribution in [3.05, 3.63) is 0 Å². The van der Waals surface area contributed by atoms with Crippen molar-refractivity contribution in [2.45, 2.75) is 84.2 Å². The Morgan fingerprint density at radius 2 is 1.92 bits per heavy atom. The molecule has 0 aliphatic heterocycles. The zero-order chi connectivity index (χ0) is 18.8. The Morgan fingerprint density at radius 1 is 1.15 bits per heavy atom. The average Bonchev–Trinajstić information content (AvgIpc) is 2.79. The minimum absolute atomic E-state index is 0.146. The number of carbonyl (C=O) groups is 2. The van der Waals surface area contributed by atoms with Crippen LogP contribution in [0.4, 0.5) is 0 Å². The highest BCUT2D eigenvalue weighted by molar-refractivity contribution is 5.66. The maximum atomic E-state index is 12.0. The monoisotopic (exact) mass is 362 g/mol. The molecule has 4 aliphatic rings. The average molecular weight is 363 g/mol. The van der Waals surface area contributed by atoms with E-state index in [1.165, 1.54) is 19.6 Å². The highest BCUT2D eigenvalue weighted by Gasteiger charge is 2.67. The molecule has 146 valence electrons. The zero-order valence-corrected chi connectivity index (χ0v) is 16.6. The zero-order valence-electron chi connectivity index (χ0n) is 16.6. The van der Waals surface area contributed by atoms with Gasteiger partial charge in [0.25, 0.3) is 0 Å². The van der Waals surface area contributed by atoms with Crippen molar-refractivity contribution in [3.8, 4) is 0 Å². The van der Waals surface area contributed by atoms with E-state index in [0.717, 1.165) is 51.4 Å². The Bertz CT molecular complexity index is 617. The van der Waals surface area contributed by atoms with Crippen molar-refractivity contribution in [2.75, 3.05) is 6.61 Å². The second kappa shape index (κ2) is 5.80. The summed E-state index contributed by atoms with van der Waals surface area (Å²) in [5.74, 6) is 0.990. The third-order valence-corrected chi connectivity index (χ3v) is 9.16. The SMILES string of the molecule is CC(=O)OC[C@]1(O)CC23CC[C@H]4[C@@](C)(CCC[C@@]4(C)C=O)C2CC[C@@H]1C3. The summed E-state index contributed by atoms with van der Waals surface area (Å²) < 4.78 is 5.26. The van der Waals surface area contributed by atoms with E-state index in [0.29, 0.717) is 11.8 Å². The quantitative estimate of drug-likeness (QED) is 0.611. The summed E-state index contributed by atoms with van der Waals surface area (Å²) in [6.45, 7) is 6.18. The molecule has 0 saturated heterocycles. The summed E-state index contributed by atoms with van der Waals surface area (Å²) >= 11 is 0. The summed E-state index contributed by atoms with van der Waals surface area (Å²) in [4.78, 5) is 23.3. The van der Waals surface area contributed by atoms with E-state index < -0.39 is 5.60 Å². The van der Waals surface area contributed by atoms with E-state index >= 15 is 0 Å². The number of ether oxygens (including phenoxy) is 1. The number of carbonyl (C=O) groups excluding carboxylic acids is 2. The molecule has 4 aliphatic carbocycles. The van der Waals surface area contributed by atoms with Crippen LogP contribution in [0.15, 0.2) is 0 Å². The normalized spacial score (nSPS) is 52.7. The summed E-state index contributed by atoms with van der Waals surface area (Å²) in [7, 11) is 0. The van der Waals surface area contributed by atoms with Gasteiger partial charge in [-0.2, -0.15) is 0 Å². The fraction of sp³-hybridized carbons (Fsp3) is 0.909. The summed E-state index contributed by atoms with van der Waals surface area (Å²) in [6.07, 6.45) is 10.8. The number of hydrogen-bond donors (Lipinski definition) is 1. The lowest BCUT2D eigenvalue weighted by Crippen LogP contribution is -2.56. The van der Waals surface area contributed by atoms with Gasteiger partial charge in [0, 0.05) is 12.3 Å². The maximum absolute atomic E-state index is 12.0. The number of aliphatic hydroxyl groups is 1. The third-order valence-electron chi connectivity index (χ3n) is 9.16. The lowest BCUT2D eigenvalue weighted by Gasteiger charge is -2.63. The molecule has 0 amide bonds. The van der Waals surface area contributed by atoms with E-state index in [1.54, 1.807) is 0 Å². The highest BCUT2D eigenvalue weighted by atomic mass is 16.5. The predicted molar refractivity (Wildman–Crippen MR) is 98.3 cm³/mol. The highest BCUT2D eigenvalue weighted by Crippen LogP contribution is 2.72. The Labute approximate surface area is 157 Å². The Balaban J connectivity index is 1.64. The van der Waals surface area contributed by atoms with Gasteiger partial charge in [0.1, 0.15) is 18.5 Å². The first-order chi connectivity index (χ1) is 12.2.